The van der Waals surface area contributed by atoms with Gasteiger partial charge in [0.1, 0.15) is 5.02 Å². The minimum Gasteiger partial charge on any atom is -0.409 e. The van der Waals surface area contributed by atoms with Gasteiger partial charge in [-0.05, 0) is 24.4 Å². The quantitative estimate of drug-likeness (QED) is 0.508. The number of halogens is 1. The first-order valence-corrected chi connectivity index (χ1v) is 4.86. The summed E-state index contributed by atoms with van der Waals surface area (Å²) in [7, 11) is 0. The third-order valence-electron chi connectivity index (χ3n) is 1.83. The molecule has 6 nitrogen and oxygen atoms in total. The Balaban J connectivity index is 2.55. The smallest absolute Gasteiger partial charge is 0.288 e. The fourth-order valence-electron chi connectivity index (χ4n) is 1.14. The van der Waals surface area contributed by atoms with E-state index in [1.165, 1.54) is 12.1 Å². The molecule has 0 amide bonds. The topological polar surface area (TPSA) is 85.0 Å². The zero-order valence-corrected chi connectivity index (χ0v) is 9.21. The van der Waals surface area contributed by atoms with Gasteiger partial charge < -0.3 is 4.42 Å². The maximum atomic E-state index is 10.7. The number of benzene rings is 1. The molecule has 0 radical (unpaired) electrons. The van der Waals surface area contributed by atoms with Gasteiger partial charge in [0.15, 0.2) is 0 Å². The first-order chi connectivity index (χ1) is 7.58. The summed E-state index contributed by atoms with van der Waals surface area (Å²) < 4.78 is 5.03. The first kappa shape index (κ1) is 10.8. The highest BCUT2D eigenvalue weighted by Crippen LogP contribution is 2.29. The predicted octanol–water partition coefficient (Wildman–Crippen LogP) is 2.96. The van der Waals surface area contributed by atoms with Crippen LogP contribution in [0, 0.1) is 15.0 Å². The summed E-state index contributed by atoms with van der Waals surface area (Å²) in [6, 6.07) is 4.24. The summed E-state index contributed by atoms with van der Waals surface area (Å²) in [4.78, 5) is 10.2. The second-order valence-corrected chi connectivity index (χ2v) is 3.62. The largest absolute Gasteiger partial charge is 0.409 e. The van der Waals surface area contributed by atoms with E-state index in [4.69, 9.17) is 28.2 Å². The lowest BCUT2D eigenvalue weighted by atomic mass is 10.2. The second kappa shape index (κ2) is 4.03. The molecule has 1 heterocycles. The van der Waals surface area contributed by atoms with Crippen LogP contribution in [0.25, 0.3) is 11.5 Å². The summed E-state index contributed by atoms with van der Waals surface area (Å²) >= 11 is 10.4. The van der Waals surface area contributed by atoms with E-state index in [1.807, 2.05) is 0 Å². The SMILES string of the molecule is O=[N+]([O-])c1cc(-c2n[nH]c(=S)o2)ccc1Cl. The fourth-order valence-corrected chi connectivity index (χ4v) is 1.45. The van der Waals surface area contributed by atoms with E-state index in [0.29, 0.717) is 5.56 Å². The van der Waals surface area contributed by atoms with Gasteiger partial charge in [0.2, 0.25) is 5.89 Å². The lowest BCUT2D eigenvalue weighted by Crippen LogP contribution is -1.90. The van der Waals surface area contributed by atoms with Gasteiger partial charge in [-0.15, -0.1) is 5.10 Å². The molecule has 82 valence electrons. The van der Waals surface area contributed by atoms with E-state index in [0.717, 1.165) is 0 Å². The summed E-state index contributed by atoms with van der Waals surface area (Å²) in [6.45, 7) is 0. The normalized spacial score (nSPS) is 10.3. The standard InChI is InChI=1S/C8H4ClN3O3S/c9-5-2-1-4(3-6(5)12(13)14)7-10-11-8(16)15-7/h1-3H,(H,11,16). The zero-order chi connectivity index (χ0) is 11.7. The van der Waals surface area contributed by atoms with Crippen LogP contribution in [0.4, 0.5) is 5.69 Å². The van der Waals surface area contributed by atoms with Crippen LogP contribution in [0.1, 0.15) is 0 Å². The van der Waals surface area contributed by atoms with Crippen molar-refractivity contribution >= 4 is 29.5 Å². The van der Waals surface area contributed by atoms with Gasteiger partial charge in [-0.2, -0.15) is 0 Å². The Labute approximate surface area is 99.0 Å². The molecule has 0 aliphatic heterocycles. The van der Waals surface area contributed by atoms with E-state index >= 15 is 0 Å². The monoisotopic (exact) mass is 257 g/mol. The van der Waals surface area contributed by atoms with Crippen molar-refractivity contribution in [1.82, 2.24) is 10.2 Å². The Morgan fingerprint density at radius 3 is 2.88 bits per heavy atom. The number of nitrogens with zero attached hydrogens (tertiary/aromatic N) is 2. The van der Waals surface area contributed by atoms with Crippen molar-refractivity contribution in [3.05, 3.63) is 38.2 Å². The highest BCUT2D eigenvalue weighted by Gasteiger charge is 2.15. The Hall–Kier alpha value is -1.73. The number of hydrogen-bond acceptors (Lipinski definition) is 5. The molecule has 0 saturated heterocycles. The summed E-state index contributed by atoms with van der Waals surface area (Å²) in [5.41, 5.74) is 0.228. The molecule has 1 aromatic carbocycles. The Morgan fingerprint density at radius 2 is 2.31 bits per heavy atom. The lowest BCUT2D eigenvalue weighted by Gasteiger charge is -1.97. The molecule has 1 aromatic heterocycles. The average molecular weight is 258 g/mol. The molecule has 1 N–H and O–H groups in total. The molecule has 8 heteroatoms. The fraction of sp³-hybridized carbons (Fsp3) is 0. The maximum Gasteiger partial charge on any atom is 0.288 e. The van der Waals surface area contributed by atoms with Crippen LogP contribution in [-0.4, -0.2) is 15.1 Å². The zero-order valence-electron chi connectivity index (χ0n) is 7.64. The lowest BCUT2D eigenvalue weighted by molar-refractivity contribution is -0.384. The van der Waals surface area contributed by atoms with Gasteiger partial charge in [0, 0.05) is 11.6 Å². The molecule has 2 rings (SSSR count). The maximum absolute atomic E-state index is 10.7. The highest BCUT2D eigenvalue weighted by molar-refractivity contribution is 7.71. The minimum absolute atomic E-state index is 0.0582. The molecule has 0 unspecified atom stereocenters. The first-order valence-electron chi connectivity index (χ1n) is 4.08. The Kier molecular flexibility index (Phi) is 2.71. The minimum atomic E-state index is -0.576. The molecular weight excluding hydrogens is 254 g/mol. The average Bonchev–Trinajstić information content (AvgIpc) is 2.65. The molecule has 0 aliphatic carbocycles. The van der Waals surface area contributed by atoms with Gasteiger partial charge in [0.05, 0.1) is 4.92 Å². The molecule has 0 spiro atoms. The number of rotatable bonds is 2. The number of aromatic nitrogens is 2. The van der Waals surface area contributed by atoms with E-state index in [9.17, 15) is 10.1 Å². The molecule has 2 aromatic rings. The van der Waals surface area contributed by atoms with Crippen molar-refractivity contribution in [3.8, 4) is 11.5 Å². The molecule has 0 fully saturated rings. The van der Waals surface area contributed by atoms with Crippen LogP contribution >= 0.6 is 23.8 Å². The van der Waals surface area contributed by atoms with Gasteiger partial charge >= 0.3 is 0 Å². The third-order valence-corrected chi connectivity index (χ3v) is 2.32. The summed E-state index contributed by atoms with van der Waals surface area (Å²) in [5.74, 6) is 0.185. The third kappa shape index (κ3) is 1.95. The van der Waals surface area contributed by atoms with E-state index in [2.05, 4.69) is 10.2 Å². The van der Waals surface area contributed by atoms with Gasteiger partial charge in [0.25, 0.3) is 10.5 Å². The summed E-state index contributed by atoms with van der Waals surface area (Å²) in [5, 5.41) is 16.9. The molecule has 0 saturated carbocycles. The van der Waals surface area contributed by atoms with E-state index in [-0.39, 0.29) is 21.4 Å². The van der Waals surface area contributed by atoms with E-state index < -0.39 is 4.92 Å². The van der Waals surface area contributed by atoms with Crippen LogP contribution in [-0.2, 0) is 0 Å². The highest BCUT2D eigenvalue weighted by atomic mass is 35.5. The van der Waals surface area contributed by atoms with Gasteiger partial charge in [-0.25, -0.2) is 5.10 Å². The van der Waals surface area contributed by atoms with Crippen molar-refractivity contribution < 1.29 is 9.34 Å². The van der Waals surface area contributed by atoms with Crippen LogP contribution < -0.4 is 0 Å². The van der Waals surface area contributed by atoms with Gasteiger partial charge in [-0.1, -0.05) is 11.6 Å². The van der Waals surface area contributed by atoms with Crippen molar-refractivity contribution in [3.63, 3.8) is 0 Å². The number of nitro benzene ring substituents is 1. The molecule has 0 aliphatic rings. The second-order valence-electron chi connectivity index (χ2n) is 2.84. The number of hydrogen-bond donors (Lipinski definition) is 1. The van der Waals surface area contributed by atoms with Gasteiger partial charge in [-0.3, -0.25) is 10.1 Å². The molecule has 16 heavy (non-hydrogen) atoms. The number of H-pyrrole nitrogens is 1. The number of aromatic amines is 1. The number of nitro groups is 1. The predicted molar refractivity (Wildman–Crippen MR) is 58.8 cm³/mol. The molecule has 0 atom stereocenters. The van der Waals surface area contributed by atoms with Crippen LogP contribution in [0.2, 0.25) is 5.02 Å². The molecule has 0 bridgehead atoms. The van der Waals surface area contributed by atoms with Crippen LogP contribution in [0.3, 0.4) is 0 Å². The van der Waals surface area contributed by atoms with Crippen molar-refractivity contribution in [1.29, 1.82) is 0 Å². The van der Waals surface area contributed by atoms with Crippen LogP contribution in [0.15, 0.2) is 22.6 Å². The van der Waals surface area contributed by atoms with E-state index in [1.54, 1.807) is 6.07 Å². The Morgan fingerprint density at radius 1 is 1.56 bits per heavy atom. The Bertz CT molecular complexity index is 607. The summed E-state index contributed by atoms with van der Waals surface area (Å²) in [6.07, 6.45) is 0. The molecular formula is C8H4ClN3O3S. The van der Waals surface area contributed by atoms with Crippen molar-refractivity contribution in [2.75, 3.05) is 0 Å². The number of nitrogens with one attached hydrogen (secondary N) is 1. The van der Waals surface area contributed by atoms with Crippen LogP contribution in [0.5, 0.6) is 0 Å². The van der Waals surface area contributed by atoms with Crippen molar-refractivity contribution in [2.24, 2.45) is 0 Å². The van der Waals surface area contributed by atoms with Crippen molar-refractivity contribution in [2.45, 2.75) is 0 Å².